The highest BCUT2D eigenvalue weighted by molar-refractivity contribution is 5.33. The highest BCUT2D eigenvalue weighted by Gasteiger charge is 2.55. The summed E-state index contributed by atoms with van der Waals surface area (Å²) < 4.78 is 14.8. The second-order valence-corrected chi connectivity index (χ2v) is 9.23. The van der Waals surface area contributed by atoms with Crippen molar-refractivity contribution in [2.45, 2.75) is 70.0 Å². The van der Waals surface area contributed by atoms with Crippen molar-refractivity contribution in [3.8, 4) is 0 Å². The van der Waals surface area contributed by atoms with Gasteiger partial charge >= 0.3 is 0 Å². The van der Waals surface area contributed by atoms with Gasteiger partial charge < -0.3 is 5.32 Å². The van der Waals surface area contributed by atoms with Crippen LogP contribution in [-0.4, -0.2) is 12.2 Å². The van der Waals surface area contributed by atoms with E-state index in [1.54, 1.807) is 11.1 Å². The highest BCUT2D eigenvalue weighted by atomic mass is 19.1. The van der Waals surface area contributed by atoms with Crippen LogP contribution in [0.25, 0.3) is 0 Å². The second kappa shape index (κ2) is 5.83. The van der Waals surface area contributed by atoms with Gasteiger partial charge in [-0.15, -0.1) is 0 Å². The van der Waals surface area contributed by atoms with Crippen LogP contribution in [-0.2, 0) is 19.4 Å². The lowest BCUT2D eigenvalue weighted by Crippen LogP contribution is -2.54. The molecule has 4 saturated carbocycles. The Morgan fingerprint density at radius 1 is 1.00 bits per heavy atom. The third-order valence-corrected chi connectivity index (χ3v) is 7.52. The molecule has 0 amide bonds. The lowest BCUT2D eigenvalue weighted by Gasteiger charge is -2.57. The Morgan fingerprint density at radius 3 is 2.50 bits per heavy atom. The summed E-state index contributed by atoms with van der Waals surface area (Å²) in [5.74, 6) is 2.72. The lowest BCUT2D eigenvalue weighted by atomic mass is 9.50. The normalized spacial score (nSPS) is 39.9. The number of hydrogen-bond acceptors (Lipinski definition) is 1. The molecular weight excluding hydrogens is 297 g/mol. The molecule has 4 fully saturated rings. The van der Waals surface area contributed by atoms with Crippen molar-refractivity contribution in [1.82, 2.24) is 5.32 Å². The van der Waals surface area contributed by atoms with Gasteiger partial charge in [0, 0.05) is 6.54 Å². The third kappa shape index (κ3) is 2.71. The average Bonchev–Trinajstić information content (AvgIpc) is 2.56. The van der Waals surface area contributed by atoms with Crippen LogP contribution in [0, 0.1) is 23.7 Å². The Morgan fingerprint density at radius 2 is 1.75 bits per heavy atom. The number of hydrogen-bond donors (Lipinski definition) is 1. The Labute approximate surface area is 145 Å². The first-order chi connectivity index (χ1) is 11.7. The summed E-state index contributed by atoms with van der Waals surface area (Å²) in [5, 5.41) is 3.73. The van der Waals surface area contributed by atoms with Crippen molar-refractivity contribution in [3.05, 3.63) is 34.9 Å². The molecule has 4 bridgehead atoms. The minimum absolute atomic E-state index is 0.650. The van der Waals surface area contributed by atoms with Crippen molar-refractivity contribution in [2.75, 3.05) is 6.54 Å². The number of rotatable bonds is 4. The summed E-state index contributed by atoms with van der Waals surface area (Å²) in [6.07, 6.45) is 10.4. The number of halogens is 1. The fourth-order valence-corrected chi connectivity index (χ4v) is 6.64. The topological polar surface area (TPSA) is 12.0 Å². The van der Waals surface area contributed by atoms with Crippen LogP contribution in [0.3, 0.4) is 0 Å². The third-order valence-electron chi connectivity index (χ3n) is 7.52. The van der Waals surface area contributed by atoms with Crippen molar-refractivity contribution < 1.29 is 4.39 Å². The smallest absolute Gasteiger partial charge is 0.111 e. The van der Waals surface area contributed by atoms with Gasteiger partial charge in [0.15, 0.2) is 0 Å². The number of alkyl halides is 1. The van der Waals surface area contributed by atoms with Gasteiger partial charge in [-0.2, -0.15) is 0 Å². The van der Waals surface area contributed by atoms with E-state index in [2.05, 4.69) is 23.5 Å². The number of benzene rings is 1. The summed E-state index contributed by atoms with van der Waals surface area (Å²) in [6.45, 7) is 2.07. The molecule has 1 aromatic rings. The maximum atomic E-state index is 14.8. The fourth-order valence-electron chi connectivity index (χ4n) is 6.64. The first-order valence-corrected chi connectivity index (χ1v) is 10.2. The van der Waals surface area contributed by atoms with E-state index >= 15 is 0 Å². The van der Waals surface area contributed by atoms with Gasteiger partial charge in [-0.05, 0) is 105 Å². The molecule has 0 aromatic heterocycles. The predicted octanol–water partition coefficient (Wildman–Crippen LogP) is 4.82. The maximum absolute atomic E-state index is 14.8. The van der Waals surface area contributed by atoms with Crippen molar-refractivity contribution in [2.24, 2.45) is 23.7 Å². The van der Waals surface area contributed by atoms with E-state index in [4.69, 9.17) is 0 Å². The van der Waals surface area contributed by atoms with Gasteiger partial charge in [-0.25, -0.2) is 4.39 Å². The van der Waals surface area contributed by atoms with E-state index in [0.29, 0.717) is 17.8 Å². The minimum atomic E-state index is -0.786. The van der Waals surface area contributed by atoms with E-state index < -0.39 is 5.67 Å². The van der Waals surface area contributed by atoms with Gasteiger partial charge in [0.1, 0.15) is 5.67 Å². The number of fused-ring (bicyclic) bond motifs is 1. The summed E-state index contributed by atoms with van der Waals surface area (Å²) in [4.78, 5) is 0. The molecule has 1 aromatic carbocycles. The monoisotopic (exact) mass is 327 g/mol. The van der Waals surface area contributed by atoms with E-state index in [1.807, 2.05) is 0 Å². The SMILES string of the molecule is FC12CC3C[C@H](C1)C(CNCc1ccc4c(c1)CCCC4)[C@@H](C3)C2. The van der Waals surface area contributed by atoms with Gasteiger partial charge in [-0.1, -0.05) is 18.2 Å². The van der Waals surface area contributed by atoms with Crippen molar-refractivity contribution in [3.63, 3.8) is 0 Å². The van der Waals surface area contributed by atoms with Crippen molar-refractivity contribution in [1.29, 1.82) is 0 Å². The van der Waals surface area contributed by atoms with Gasteiger partial charge in [-0.3, -0.25) is 0 Å². The lowest BCUT2D eigenvalue weighted by molar-refractivity contribution is -0.108. The molecule has 3 unspecified atom stereocenters. The number of aryl methyl sites for hydroxylation is 2. The van der Waals surface area contributed by atoms with Crippen LogP contribution in [0.2, 0.25) is 0 Å². The zero-order chi connectivity index (χ0) is 16.1. The van der Waals surface area contributed by atoms with Gasteiger partial charge in [0.25, 0.3) is 0 Å². The maximum Gasteiger partial charge on any atom is 0.111 e. The quantitative estimate of drug-likeness (QED) is 0.836. The fraction of sp³-hybridized carbons (Fsp3) is 0.727. The zero-order valence-electron chi connectivity index (χ0n) is 14.7. The van der Waals surface area contributed by atoms with Crippen LogP contribution in [0.1, 0.15) is 61.6 Å². The second-order valence-electron chi connectivity index (χ2n) is 9.23. The molecule has 0 saturated heterocycles. The predicted molar refractivity (Wildman–Crippen MR) is 95.7 cm³/mol. The average molecular weight is 327 g/mol. The van der Waals surface area contributed by atoms with E-state index in [0.717, 1.165) is 38.3 Å². The first-order valence-electron chi connectivity index (χ1n) is 10.2. The Kier molecular flexibility index (Phi) is 3.73. The Bertz CT molecular complexity index is 608. The summed E-state index contributed by atoms with van der Waals surface area (Å²) in [5.41, 5.74) is 3.79. The molecule has 1 nitrogen and oxygen atoms in total. The van der Waals surface area contributed by atoms with Crippen LogP contribution >= 0.6 is 0 Å². The molecule has 0 radical (unpaired) electrons. The molecular formula is C22H30FN. The standard InChI is InChI=1S/C22H30FN/c23-22-10-16-8-19(11-22)21(20(9-16)12-22)14-24-13-15-5-6-17-3-1-2-4-18(17)7-15/h5-7,16,19-21,24H,1-4,8-14H2/t16?,19-,20+,21?,22?. The van der Waals surface area contributed by atoms with Gasteiger partial charge in [0.05, 0.1) is 0 Å². The minimum Gasteiger partial charge on any atom is -0.312 e. The Hall–Kier alpha value is -0.890. The molecule has 5 aliphatic rings. The molecule has 5 aliphatic carbocycles. The molecule has 1 N–H and O–H groups in total. The zero-order valence-corrected chi connectivity index (χ0v) is 14.7. The van der Waals surface area contributed by atoms with E-state index in [-0.39, 0.29) is 0 Å². The molecule has 2 heteroatoms. The van der Waals surface area contributed by atoms with Crippen LogP contribution in [0.15, 0.2) is 18.2 Å². The molecule has 130 valence electrons. The summed E-state index contributed by atoms with van der Waals surface area (Å²) in [7, 11) is 0. The summed E-state index contributed by atoms with van der Waals surface area (Å²) in [6, 6.07) is 7.08. The van der Waals surface area contributed by atoms with Crippen LogP contribution in [0.4, 0.5) is 4.39 Å². The molecule has 6 rings (SSSR count). The van der Waals surface area contributed by atoms with Gasteiger partial charge in [0.2, 0.25) is 0 Å². The largest absolute Gasteiger partial charge is 0.312 e. The molecule has 5 atom stereocenters. The summed E-state index contributed by atoms with van der Waals surface area (Å²) >= 11 is 0. The first kappa shape index (κ1) is 15.4. The van der Waals surface area contributed by atoms with E-state index in [1.165, 1.54) is 44.1 Å². The molecule has 0 aliphatic heterocycles. The highest BCUT2D eigenvalue weighted by Crippen LogP contribution is 2.59. The van der Waals surface area contributed by atoms with Crippen LogP contribution in [0.5, 0.6) is 0 Å². The molecule has 0 spiro atoms. The Balaban J connectivity index is 1.20. The number of nitrogens with one attached hydrogen (secondary N) is 1. The molecule has 0 heterocycles. The van der Waals surface area contributed by atoms with E-state index in [9.17, 15) is 4.39 Å². The van der Waals surface area contributed by atoms with Crippen molar-refractivity contribution >= 4 is 0 Å². The van der Waals surface area contributed by atoms with Crippen LogP contribution < -0.4 is 5.32 Å². The molecule has 24 heavy (non-hydrogen) atoms.